The Labute approximate surface area is 201 Å². The number of benzene rings is 1. The van der Waals surface area contributed by atoms with Crippen LogP contribution in [0, 0.1) is 0 Å². The first-order valence-corrected chi connectivity index (χ1v) is 10.9. The highest BCUT2D eigenvalue weighted by Gasteiger charge is 2.16. The number of nitrogens with one attached hydrogen (secondary N) is 2. The van der Waals surface area contributed by atoms with E-state index in [-0.39, 0.29) is 24.3 Å². The van der Waals surface area contributed by atoms with Crippen molar-refractivity contribution >= 4 is 28.4 Å². The number of amides is 2. The van der Waals surface area contributed by atoms with Crippen LogP contribution in [0.25, 0.3) is 10.9 Å². The zero-order valence-electron chi connectivity index (χ0n) is 19.8. The molecule has 0 bridgehead atoms. The number of aromatic nitrogens is 5. The van der Waals surface area contributed by atoms with E-state index in [0.29, 0.717) is 45.2 Å². The first-order valence-electron chi connectivity index (χ1n) is 10.9. The van der Waals surface area contributed by atoms with Crippen LogP contribution in [0.5, 0.6) is 17.2 Å². The van der Waals surface area contributed by atoms with Crippen LogP contribution in [0.15, 0.2) is 49.2 Å². The molecule has 11 heteroatoms. The van der Waals surface area contributed by atoms with Crippen LogP contribution in [0.4, 0.5) is 5.69 Å². The third-order valence-electron chi connectivity index (χ3n) is 5.14. The molecule has 0 fully saturated rings. The van der Waals surface area contributed by atoms with Gasteiger partial charge in [0.1, 0.15) is 17.3 Å². The summed E-state index contributed by atoms with van der Waals surface area (Å²) in [5.74, 6) is 1.05. The number of ether oxygens (including phenoxy) is 2. The molecule has 0 saturated heterocycles. The molecule has 2 amide bonds. The third-order valence-corrected chi connectivity index (χ3v) is 5.14. The maximum absolute atomic E-state index is 12.3. The van der Waals surface area contributed by atoms with E-state index in [1.54, 1.807) is 48.5 Å². The van der Waals surface area contributed by atoms with Crippen molar-refractivity contribution in [2.75, 3.05) is 19.5 Å². The Hall–Kier alpha value is -4.54. The number of rotatable bonds is 8. The molecule has 35 heavy (non-hydrogen) atoms. The van der Waals surface area contributed by atoms with E-state index in [1.165, 1.54) is 19.5 Å². The van der Waals surface area contributed by atoms with Crippen LogP contribution in [-0.2, 0) is 11.2 Å². The van der Waals surface area contributed by atoms with E-state index in [4.69, 9.17) is 9.47 Å². The number of pyridine rings is 1. The summed E-state index contributed by atoms with van der Waals surface area (Å²) in [6, 6.07) is 5.22. The molecule has 0 spiro atoms. The fourth-order valence-corrected chi connectivity index (χ4v) is 3.37. The zero-order chi connectivity index (χ0) is 24.9. The van der Waals surface area contributed by atoms with Crippen LogP contribution in [-0.4, -0.2) is 50.7 Å². The summed E-state index contributed by atoms with van der Waals surface area (Å²) in [6.45, 7) is 4.01. The summed E-state index contributed by atoms with van der Waals surface area (Å²) in [7, 11) is 3.04. The normalized spacial score (nSPS) is 10.9. The summed E-state index contributed by atoms with van der Waals surface area (Å²) < 4.78 is 13.1. The van der Waals surface area contributed by atoms with Crippen molar-refractivity contribution in [1.29, 1.82) is 0 Å². The number of carbonyl (C=O) groups excluding carboxylic acids is 2. The van der Waals surface area contributed by atoms with Gasteiger partial charge in [0, 0.05) is 36.9 Å². The second-order valence-electron chi connectivity index (χ2n) is 7.92. The van der Waals surface area contributed by atoms with E-state index in [1.807, 2.05) is 13.8 Å². The Bertz CT molecular complexity index is 1370. The van der Waals surface area contributed by atoms with E-state index < -0.39 is 0 Å². The summed E-state index contributed by atoms with van der Waals surface area (Å²) in [6.07, 6.45) is 7.94. The van der Waals surface area contributed by atoms with Gasteiger partial charge in [-0.1, -0.05) is 0 Å². The molecule has 4 aromatic rings. The highest BCUT2D eigenvalue weighted by molar-refractivity contribution is 6.02. The van der Waals surface area contributed by atoms with E-state index in [0.717, 1.165) is 0 Å². The lowest BCUT2D eigenvalue weighted by Crippen LogP contribution is -2.18. The smallest absolute Gasteiger partial charge is 0.254 e. The lowest BCUT2D eigenvalue weighted by Gasteiger charge is -2.12. The van der Waals surface area contributed by atoms with Gasteiger partial charge in [0.15, 0.2) is 5.75 Å². The molecule has 0 atom stereocenters. The predicted molar refractivity (Wildman–Crippen MR) is 129 cm³/mol. The van der Waals surface area contributed by atoms with Gasteiger partial charge in [-0.05, 0) is 26.0 Å². The second-order valence-corrected chi connectivity index (χ2v) is 7.92. The molecule has 0 aliphatic heterocycles. The number of anilines is 1. The molecule has 2 N–H and O–H groups in total. The standard InChI is InChI=1S/C24H25N7O4/c1-14(2)31-13-15(10-29-31)30-23(32)9-22-27-11-16(12-28-22)35-20-5-6-26-19-8-21(34-4)18(7-17(19)20)24(33)25-3/h5-8,10-14H,9H2,1-4H3,(H,25,33)(H,30,32). The highest BCUT2D eigenvalue weighted by atomic mass is 16.5. The highest BCUT2D eigenvalue weighted by Crippen LogP contribution is 2.33. The Morgan fingerprint density at radius 3 is 2.51 bits per heavy atom. The maximum atomic E-state index is 12.3. The quantitative estimate of drug-likeness (QED) is 0.397. The minimum atomic E-state index is -0.291. The average molecular weight is 476 g/mol. The van der Waals surface area contributed by atoms with Gasteiger partial charge in [-0.2, -0.15) is 5.10 Å². The summed E-state index contributed by atoms with van der Waals surface area (Å²) >= 11 is 0. The largest absolute Gasteiger partial charge is 0.496 e. The lowest BCUT2D eigenvalue weighted by atomic mass is 10.1. The molecule has 0 unspecified atom stereocenters. The summed E-state index contributed by atoms with van der Waals surface area (Å²) in [5.41, 5.74) is 1.57. The van der Waals surface area contributed by atoms with Crippen molar-refractivity contribution in [3.8, 4) is 17.2 Å². The van der Waals surface area contributed by atoms with Crippen molar-refractivity contribution in [1.82, 2.24) is 30.0 Å². The molecule has 0 aliphatic rings. The Balaban J connectivity index is 1.48. The number of fused-ring (bicyclic) bond motifs is 1. The Kier molecular flexibility index (Phi) is 6.86. The number of hydrogen-bond acceptors (Lipinski definition) is 8. The first-order chi connectivity index (χ1) is 16.9. The molecule has 0 saturated carbocycles. The first kappa shape index (κ1) is 23.6. The van der Waals surface area contributed by atoms with E-state index in [2.05, 4.69) is 30.7 Å². The molecular weight excluding hydrogens is 450 g/mol. The van der Waals surface area contributed by atoms with Gasteiger partial charge in [0.2, 0.25) is 5.91 Å². The van der Waals surface area contributed by atoms with Crippen molar-refractivity contribution < 1.29 is 19.1 Å². The van der Waals surface area contributed by atoms with Crippen LogP contribution < -0.4 is 20.1 Å². The topological polar surface area (TPSA) is 133 Å². The van der Waals surface area contributed by atoms with Crippen LogP contribution in [0.3, 0.4) is 0 Å². The van der Waals surface area contributed by atoms with E-state index in [9.17, 15) is 9.59 Å². The SMILES string of the molecule is CNC(=O)c1cc2c(Oc3cnc(CC(=O)Nc4cnn(C(C)C)c4)nc3)ccnc2cc1OC. The van der Waals surface area contributed by atoms with Crippen molar-refractivity contribution in [2.24, 2.45) is 0 Å². The van der Waals surface area contributed by atoms with Gasteiger partial charge in [-0.15, -0.1) is 0 Å². The van der Waals surface area contributed by atoms with E-state index >= 15 is 0 Å². The lowest BCUT2D eigenvalue weighted by molar-refractivity contribution is -0.115. The molecule has 4 rings (SSSR count). The van der Waals surface area contributed by atoms with Gasteiger partial charge in [-0.25, -0.2) is 9.97 Å². The maximum Gasteiger partial charge on any atom is 0.254 e. The van der Waals surface area contributed by atoms with Crippen molar-refractivity contribution in [3.05, 3.63) is 60.6 Å². The molecule has 0 radical (unpaired) electrons. The molecular formula is C24H25N7O4. The summed E-state index contributed by atoms with van der Waals surface area (Å²) in [4.78, 5) is 37.4. The predicted octanol–water partition coefficient (Wildman–Crippen LogP) is 3.14. The van der Waals surface area contributed by atoms with Crippen LogP contribution >= 0.6 is 0 Å². The zero-order valence-corrected chi connectivity index (χ0v) is 19.8. The minimum absolute atomic E-state index is 0.000605. The summed E-state index contributed by atoms with van der Waals surface area (Å²) in [5, 5.41) is 10.2. The van der Waals surface area contributed by atoms with Gasteiger partial charge in [0.25, 0.3) is 5.91 Å². The molecule has 180 valence electrons. The molecule has 3 heterocycles. The fourth-order valence-electron chi connectivity index (χ4n) is 3.37. The van der Waals surface area contributed by atoms with Crippen molar-refractivity contribution in [3.63, 3.8) is 0 Å². The fraction of sp³-hybridized carbons (Fsp3) is 0.250. The minimum Gasteiger partial charge on any atom is -0.496 e. The van der Waals surface area contributed by atoms with Gasteiger partial charge in [-0.3, -0.25) is 19.3 Å². The molecule has 1 aromatic carbocycles. The monoisotopic (exact) mass is 475 g/mol. The van der Waals surface area contributed by atoms with Gasteiger partial charge in [0.05, 0.1) is 48.9 Å². The third kappa shape index (κ3) is 5.35. The molecule has 0 aliphatic carbocycles. The average Bonchev–Trinajstić information content (AvgIpc) is 3.32. The number of nitrogens with zero attached hydrogens (tertiary/aromatic N) is 5. The molecule has 11 nitrogen and oxygen atoms in total. The van der Waals surface area contributed by atoms with Crippen LogP contribution in [0.2, 0.25) is 0 Å². The molecule has 3 aromatic heterocycles. The van der Waals surface area contributed by atoms with Crippen molar-refractivity contribution in [2.45, 2.75) is 26.3 Å². The van der Waals surface area contributed by atoms with Crippen LogP contribution in [0.1, 0.15) is 36.1 Å². The Morgan fingerprint density at radius 1 is 1.09 bits per heavy atom. The number of carbonyl (C=O) groups is 2. The second kappa shape index (κ2) is 10.2. The van der Waals surface area contributed by atoms with Gasteiger partial charge >= 0.3 is 0 Å². The van der Waals surface area contributed by atoms with Gasteiger partial charge < -0.3 is 20.1 Å². The number of hydrogen-bond donors (Lipinski definition) is 2. The number of methoxy groups -OCH3 is 1. The Morgan fingerprint density at radius 2 is 1.86 bits per heavy atom.